The van der Waals surface area contributed by atoms with Crippen LogP contribution < -0.4 is 0 Å². The smallest absolute Gasteiger partial charge is 0.214 e. The van der Waals surface area contributed by atoms with E-state index >= 15 is 0 Å². The predicted molar refractivity (Wildman–Crippen MR) is 73.0 cm³/mol. The monoisotopic (exact) mass is 286 g/mol. The number of sulfonamides is 1. The van der Waals surface area contributed by atoms with Crippen molar-refractivity contribution in [2.24, 2.45) is 5.92 Å². The zero-order valence-corrected chi connectivity index (χ0v) is 12.2. The quantitative estimate of drug-likeness (QED) is 0.786. The molecule has 0 bridgehead atoms. The summed E-state index contributed by atoms with van der Waals surface area (Å²) in [4.78, 5) is 3.92. The fourth-order valence-corrected chi connectivity index (χ4v) is 4.23. The van der Waals surface area contributed by atoms with Gasteiger partial charge in [0.15, 0.2) is 0 Å². The first-order chi connectivity index (χ1) is 9.12. The second-order valence-electron chi connectivity index (χ2n) is 5.15. The first-order valence-corrected chi connectivity index (χ1v) is 8.53. The number of piperidine rings is 1. The summed E-state index contributed by atoms with van der Waals surface area (Å²) >= 11 is 0. The van der Waals surface area contributed by atoms with Crippen LogP contribution in [0.1, 0.15) is 32.6 Å². The van der Waals surface area contributed by atoms with Crippen molar-refractivity contribution in [3.63, 3.8) is 0 Å². The Morgan fingerprint density at radius 3 is 2.95 bits per heavy atom. The maximum absolute atomic E-state index is 12.2. The van der Waals surface area contributed by atoms with Crippen molar-refractivity contribution in [1.82, 2.24) is 19.1 Å². The van der Waals surface area contributed by atoms with Crippen molar-refractivity contribution in [2.45, 2.75) is 39.2 Å². The van der Waals surface area contributed by atoms with Crippen LogP contribution in [0.2, 0.25) is 0 Å². The first-order valence-electron chi connectivity index (χ1n) is 6.92. The van der Waals surface area contributed by atoms with E-state index in [0.717, 1.165) is 32.2 Å². The molecular formula is C12H22N4O2S. The van der Waals surface area contributed by atoms with E-state index in [0.29, 0.717) is 19.0 Å². The van der Waals surface area contributed by atoms with Gasteiger partial charge in [-0.1, -0.05) is 13.3 Å². The van der Waals surface area contributed by atoms with E-state index < -0.39 is 10.0 Å². The summed E-state index contributed by atoms with van der Waals surface area (Å²) in [5, 5.41) is 4.08. The molecular weight excluding hydrogens is 264 g/mol. The van der Waals surface area contributed by atoms with Crippen molar-refractivity contribution in [3.8, 4) is 0 Å². The molecule has 0 saturated carbocycles. The highest BCUT2D eigenvalue weighted by atomic mass is 32.2. The van der Waals surface area contributed by atoms with Gasteiger partial charge >= 0.3 is 0 Å². The highest BCUT2D eigenvalue weighted by Crippen LogP contribution is 2.21. The SMILES string of the molecule is CCCCS(=O)(=O)N1CCC[C@H](Cn2cncn2)C1. The Balaban J connectivity index is 1.93. The van der Waals surface area contributed by atoms with Crippen LogP contribution in [-0.4, -0.2) is 46.3 Å². The van der Waals surface area contributed by atoms with Crippen LogP contribution in [0.15, 0.2) is 12.7 Å². The fraction of sp³-hybridized carbons (Fsp3) is 0.833. The molecule has 1 atom stereocenters. The zero-order valence-electron chi connectivity index (χ0n) is 11.4. The molecule has 0 aromatic carbocycles. The van der Waals surface area contributed by atoms with E-state index in [4.69, 9.17) is 0 Å². The van der Waals surface area contributed by atoms with Crippen LogP contribution >= 0.6 is 0 Å². The molecule has 108 valence electrons. The minimum atomic E-state index is -3.07. The molecule has 1 aliphatic heterocycles. The van der Waals surface area contributed by atoms with E-state index in [1.807, 2.05) is 6.92 Å². The second-order valence-corrected chi connectivity index (χ2v) is 7.24. The van der Waals surface area contributed by atoms with E-state index in [1.54, 1.807) is 15.3 Å². The standard InChI is InChI=1S/C12H22N4O2S/c1-2-3-7-19(17,18)16-6-4-5-12(9-16)8-15-11-13-10-14-15/h10-12H,2-9H2,1H3/t12-/m1/s1. The lowest BCUT2D eigenvalue weighted by Gasteiger charge is -2.31. The molecule has 0 amide bonds. The number of rotatable bonds is 6. The van der Waals surface area contributed by atoms with E-state index in [2.05, 4.69) is 10.1 Å². The van der Waals surface area contributed by atoms with E-state index in [9.17, 15) is 8.42 Å². The van der Waals surface area contributed by atoms with Gasteiger partial charge in [-0.15, -0.1) is 0 Å². The van der Waals surface area contributed by atoms with Gasteiger partial charge in [-0.2, -0.15) is 5.10 Å². The molecule has 2 heterocycles. The summed E-state index contributed by atoms with van der Waals surface area (Å²) in [6.07, 6.45) is 6.84. The topological polar surface area (TPSA) is 68.1 Å². The normalized spacial score (nSPS) is 21.6. The molecule has 1 aromatic heterocycles. The molecule has 0 N–H and O–H groups in total. The van der Waals surface area contributed by atoms with E-state index in [1.165, 1.54) is 6.33 Å². The van der Waals surface area contributed by atoms with Crippen molar-refractivity contribution in [3.05, 3.63) is 12.7 Å². The van der Waals surface area contributed by atoms with Gasteiger partial charge in [-0.25, -0.2) is 17.7 Å². The Hall–Kier alpha value is -0.950. The summed E-state index contributed by atoms with van der Waals surface area (Å²) < 4.78 is 27.8. The summed E-state index contributed by atoms with van der Waals surface area (Å²) in [5.74, 6) is 0.617. The van der Waals surface area contributed by atoms with Crippen LogP contribution in [0.3, 0.4) is 0 Å². The maximum Gasteiger partial charge on any atom is 0.214 e. The van der Waals surface area contributed by atoms with Gasteiger partial charge in [0.25, 0.3) is 0 Å². The number of unbranched alkanes of at least 4 members (excludes halogenated alkanes) is 1. The average molecular weight is 286 g/mol. The minimum Gasteiger partial charge on any atom is -0.253 e. The Labute approximate surface area is 114 Å². The largest absolute Gasteiger partial charge is 0.253 e. The fourth-order valence-electron chi connectivity index (χ4n) is 2.48. The lowest BCUT2D eigenvalue weighted by molar-refractivity contribution is 0.239. The van der Waals surface area contributed by atoms with Crippen molar-refractivity contribution >= 4 is 10.0 Å². The lowest BCUT2D eigenvalue weighted by atomic mass is 10.00. The predicted octanol–water partition coefficient (Wildman–Crippen LogP) is 1.12. The molecule has 1 fully saturated rings. The number of hydrogen-bond donors (Lipinski definition) is 0. The third-order valence-corrected chi connectivity index (χ3v) is 5.47. The van der Waals surface area contributed by atoms with Gasteiger partial charge in [-0.05, 0) is 25.2 Å². The maximum atomic E-state index is 12.2. The van der Waals surface area contributed by atoms with Crippen LogP contribution in [0.4, 0.5) is 0 Å². The molecule has 0 spiro atoms. The molecule has 1 aromatic rings. The van der Waals surface area contributed by atoms with E-state index in [-0.39, 0.29) is 5.75 Å². The number of aromatic nitrogens is 3. The minimum absolute atomic E-state index is 0.277. The molecule has 19 heavy (non-hydrogen) atoms. The second kappa shape index (κ2) is 6.47. The van der Waals surface area contributed by atoms with Crippen LogP contribution in [0.5, 0.6) is 0 Å². The molecule has 2 rings (SSSR count). The van der Waals surface area contributed by atoms with Crippen molar-refractivity contribution in [2.75, 3.05) is 18.8 Å². The average Bonchev–Trinajstić information content (AvgIpc) is 2.90. The Morgan fingerprint density at radius 1 is 1.42 bits per heavy atom. The van der Waals surface area contributed by atoms with Gasteiger partial charge in [0.2, 0.25) is 10.0 Å². The Bertz CT molecular complexity index is 472. The first kappa shape index (κ1) is 14.5. The highest BCUT2D eigenvalue weighted by Gasteiger charge is 2.28. The third kappa shape index (κ3) is 4.01. The molecule has 7 heteroatoms. The summed E-state index contributed by atoms with van der Waals surface area (Å²) in [6, 6.07) is 0. The summed E-state index contributed by atoms with van der Waals surface area (Å²) in [5.41, 5.74) is 0. The van der Waals surface area contributed by atoms with Gasteiger partial charge in [0.1, 0.15) is 12.7 Å². The van der Waals surface area contributed by atoms with Crippen molar-refractivity contribution < 1.29 is 8.42 Å². The zero-order chi connectivity index (χ0) is 13.7. The Morgan fingerprint density at radius 2 is 2.26 bits per heavy atom. The van der Waals surface area contributed by atoms with Gasteiger partial charge < -0.3 is 0 Å². The number of nitrogens with zero attached hydrogens (tertiary/aromatic N) is 4. The van der Waals surface area contributed by atoms with Gasteiger partial charge in [-0.3, -0.25) is 4.68 Å². The van der Waals surface area contributed by atoms with Gasteiger partial charge in [0, 0.05) is 19.6 Å². The summed E-state index contributed by atoms with van der Waals surface area (Å²) in [7, 11) is -3.07. The van der Waals surface area contributed by atoms with Crippen LogP contribution in [0, 0.1) is 5.92 Å². The summed E-state index contributed by atoms with van der Waals surface area (Å²) in [6.45, 7) is 4.05. The third-order valence-electron chi connectivity index (χ3n) is 3.54. The van der Waals surface area contributed by atoms with Crippen molar-refractivity contribution in [1.29, 1.82) is 0 Å². The number of hydrogen-bond acceptors (Lipinski definition) is 4. The van der Waals surface area contributed by atoms with Crippen LogP contribution in [-0.2, 0) is 16.6 Å². The molecule has 1 aliphatic rings. The molecule has 0 radical (unpaired) electrons. The molecule has 1 saturated heterocycles. The van der Waals surface area contributed by atoms with Gasteiger partial charge in [0.05, 0.1) is 5.75 Å². The molecule has 6 nitrogen and oxygen atoms in total. The highest BCUT2D eigenvalue weighted by molar-refractivity contribution is 7.89. The van der Waals surface area contributed by atoms with Crippen LogP contribution in [0.25, 0.3) is 0 Å². The Kier molecular flexibility index (Phi) is 4.93. The lowest BCUT2D eigenvalue weighted by Crippen LogP contribution is -2.42. The molecule has 0 aliphatic carbocycles. The molecule has 0 unspecified atom stereocenters.